The van der Waals surface area contributed by atoms with E-state index in [1.807, 2.05) is 18.2 Å². The molecule has 0 saturated carbocycles. The molecule has 0 aromatic heterocycles. The summed E-state index contributed by atoms with van der Waals surface area (Å²) in [4.78, 5) is 0. The second-order valence-electron chi connectivity index (χ2n) is 4.06. The van der Waals surface area contributed by atoms with Crippen LogP contribution in [0, 0.1) is 0 Å². The molecule has 0 aliphatic carbocycles. The smallest absolute Gasteiger partial charge is 0.127 e. The lowest BCUT2D eigenvalue weighted by Gasteiger charge is -2.11. The van der Waals surface area contributed by atoms with Gasteiger partial charge in [0.15, 0.2) is 0 Å². The first-order chi connectivity index (χ1) is 8.42. The quantitative estimate of drug-likeness (QED) is 0.680. The molecule has 0 N–H and O–H groups in total. The molecule has 2 rings (SSSR count). The summed E-state index contributed by atoms with van der Waals surface area (Å²) in [5.41, 5.74) is 2.38. The Hall–Kier alpha value is -1.76. The maximum absolute atomic E-state index is 5.83. The van der Waals surface area contributed by atoms with Gasteiger partial charge in [0.1, 0.15) is 5.75 Å². The molecular formula is C16H18O. The van der Waals surface area contributed by atoms with Crippen LogP contribution in [0.3, 0.4) is 0 Å². The Morgan fingerprint density at radius 2 is 1.59 bits per heavy atom. The van der Waals surface area contributed by atoms with Crippen molar-refractivity contribution in [1.29, 1.82) is 0 Å². The van der Waals surface area contributed by atoms with E-state index in [0.717, 1.165) is 25.2 Å². The van der Waals surface area contributed by atoms with Gasteiger partial charge >= 0.3 is 0 Å². The van der Waals surface area contributed by atoms with Crippen molar-refractivity contribution in [2.24, 2.45) is 0 Å². The summed E-state index contributed by atoms with van der Waals surface area (Å²) in [5.74, 6) is 0.979. The topological polar surface area (TPSA) is 9.23 Å². The van der Waals surface area contributed by atoms with Crippen molar-refractivity contribution in [3.63, 3.8) is 0 Å². The van der Waals surface area contributed by atoms with Crippen molar-refractivity contribution in [2.45, 2.75) is 19.8 Å². The minimum atomic E-state index is 0.792. The fraction of sp³-hybridized carbons (Fsp3) is 0.250. The molecule has 0 atom stereocenters. The maximum Gasteiger partial charge on any atom is 0.127 e. The van der Waals surface area contributed by atoms with Crippen molar-refractivity contribution in [2.75, 3.05) is 6.61 Å². The van der Waals surface area contributed by atoms with Crippen molar-refractivity contribution >= 4 is 0 Å². The fourth-order valence-corrected chi connectivity index (χ4v) is 1.78. The summed E-state index contributed by atoms with van der Waals surface area (Å²) in [7, 11) is 0. The van der Waals surface area contributed by atoms with Crippen molar-refractivity contribution < 1.29 is 4.74 Å². The van der Waals surface area contributed by atoms with Gasteiger partial charge in [-0.05, 0) is 18.1 Å². The van der Waals surface area contributed by atoms with E-state index >= 15 is 0 Å². The van der Waals surface area contributed by atoms with Gasteiger partial charge in [0.05, 0.1) is 6.61 Å². The highest BCUT2D eigenvalue weighted by molar-refractivity contribution is 5.70. The zero-order valence-corrected chi connectivity index (χ0v) is 10.2. The Morgan fingerprint density at radius 1 is 0.882 bits per heavy atom. The number of rotatable bonds is 5. The second-order valence-corrected chi connectivity index (χ2v) is 4.06. The normalized spacial score (nSPS) is 10.2. The summed E-state index contributed by atoms with van der Waals surface area (Å²) in [5, 5.41) is 0. The molecule has 0 aliphatic rings. The number of unbranched alkanes of at least 4 members (excludes halogenated alkanes) is 1. The highest BCUT2D eigenvalue weighted by Crippen LogP contribution is 2.29. The van der Waals surface area contributed by atoms with Crippen molar-refractivity contribution in [1.82, 2.24) is 0 Å². The summed E-state index contributed by atoms with van der Waals surface area (Å²) in [6, 6.07) is 18.6. The van der Waals surface area contributed by atoms with Crippen LogP contribution in [0.2, 0.25) is 0 Å². The van der Waals surface area contributed by atoms with Crippen LogP contribution < -0.4 is 4.74 Å². The number of ether oxygens (including phenoxy) is 1. The largest absolute Gasteiger partial charge is 0.493 e. The van der Waals surface area contributed by atoms with Crippen LogP contribution in [-0.2, 0) is 0 Å². The lowest BCUT2D eigenvalue weighted by atomic mass is 10.1. The Kier molecular flexibility index (Phi) is 4.20. The predicted octanol–water partition coefficient (Wildman–Crippen LogP) is 4.53. The molecule has 2 aromatic carbocycles. The van der Waals surface area contributed by atoms with Crippen LogP contribution in [0.15, 0.2) is 54.6 Å². The van der Waals surface area contributed by atoms with E-state index in [4.69, 9.17) is 4.74 Å². The Morgan fingerprint density at radius 3 is 2.35 bits per heavy atom. The van der Waals surface area contributed by atoms with Gasteiger partial charge in [-0.2, -0.15) is 0 Å². The molecule has 1 nitrogen and oxygen atoms in total. The maximum atomic E-state index is 5.83. The third kappa shape index (κ3) is 3.10. The lowest BCUT2D eigenvalue weighted by molar-refractivity contribution is 0.310. The standard InChI is InChI=1S/C16H18O/c1-2-3-13-17-16-12-8-7-11-15(16)14-9-5-4-6-10-14/h4-12H,2-3,13H2,1H3. The van der Waals surface area contributed by atoms with Gasteiger partial charge < -0.3 is 4.74 Å². The lowest BCUT2D eigenvalue weighted by Crippen LogP contribution is -1.97. The van der Waals surface area contributed by atoms with Crippen LogP contribution in [0.5, 0.6) is 5.75 Å². The molecule has 0 amide bonds. The number of hydrogen-bond donors (Lipinski definition) is 0. The molecule has 88 valence electrons. The first-order valence-electron chi connectivity index (χ1n) is 6.19. The molecule has 0 bridgehead atoms. The van der Waals surface area contributed by atoms with Crippen LogP contribution in [-0.4, -0.2) is 6.61 Å². The monoisotopic (exact) mass is 226 g/mol. The molecule has 0 spiro atoms. The summed E-state index contributed by atoms with van der Waals surface area (Å²) < 4.78 is 5.83. The summed E-state index contributed by atoms with van der Waals surface area (Å²) >= 11 is 0. The minimum Gasteiger partial charge on any atom is -0.493 e. The highest BCUT2D eigenvalue weighted by atomic mass is 16.5. The first-order valence-corrected chi connectivity index (χ1v) is 6.19. The third-order valence-corrected chi connectivity index (χ3v) is 2.73. The predicted molar refractivity (Wildman–Crippen MR) is 72.3 cm³/mol. The second kappa shape index (κ2) is 6.09. The Labute approximate surface area is 103 Å². The molecular weight excluding hydrogens is 208 g/mol. The first kappa shape index (κ1) is 11.7. The van der Waals surface area contributed by atoms with Crippen LogP contribution >= 0.6 is 0 Å². The minimum absolute atomic E-state index is 0.792. The number of para-hydroxylation sites is 1. The SMILES string of the molecule is CCCCOc1ccccc1-c1ccccc1. The van der Waals surface area contributed by atoms with Crippen molar-refractivity contribution in [3.8, 4) is 16.9 Å². The van der Waals surface area contributed by atoms with Gasteiger partial charge in [-0.3, -0.25) is 0 Å². The Bertz CT molecular complexity index is 448. The molecule has 0 heterocycles. The molecule has 0 unspecified atom stereocenters. The molecule has 0 saturated heterocycles. The molecule has 2 aromatic rings. The molecule has 17 heavy (non-hydrogen) atoms. The van der Waals surface area contributed by atoms with E-state index in [1.165, 1.54) is 11.1 Å². The van der Waals surface area contributed by atoms with Crippen molar-refractivity contribution in [3.05, 3.63) is 54.6 Å². The Balaban J connectivity index is 2.22. The molecule has 0 fully saturated rings. The van der Waals surface area contributed by atoms with E-state index in [1.54, 1.807) is 0 Å². The highest BCUT2D eigenvalue weighted by Gasteiger charge is 2.04. The molecule has 0 radical (unpaired) electrons. The number of hydrogen-bond acceptors (Lipinski definition) is 1. The molecule has 0 aliphatic heterocycles. The zero-order valence-electron chi connectivity index (χ0n) is 10.2. The van der Waals surface area contributed by atoms with Crippen LogP contribution in [0.1, 0.15) is 19.8 Å². The van der Waals surface area contributed by atoms with E-state index in [9.17, 15) is 0 Å². The summed E-state index contributed by atoms with van der Waals surface area (Å²) in [6.45, 7) is 2.97. The van der Waals surface area contributed by atoms with E-state index in [2.05, 4.69) is 43.3 Å². The fourth-order valence-electron chi connectivity index (χ4n) is 1.78. The van der Waals surface area contributed by atoms with E-state index in [0.29, 0.717) is 0 Å². The molecule has 1 heteroatoms. The van der Waals surface area contributed by atoms with Gasteiger partial charge in [-0.1, -0.05) is 61.9 Å². The third-order valence-electron chi connectivity index (χ3n) is 2.73. The average Bonchev–Trinajstić information content (AvgIpc) is 2.41. The van der Waals surface area contributed by atoms with Gasteiger partial charge in [-0.25, -0.2) is 0 Å². The average molecular weight is 226 g/mol. The van der Waals surface area contributed by atoms with E-state index in [-0.39, 0.29) is 0 Å². The number of benzene rings is 2. The van der Waals surface area contributed by atoms with E-state index < -0.39 is 0 Å². The zero-order chi connectivity index (χ0) is 11.9. The van der Waals surface area contributed by atoms with Gasteiger partial charge in [0, 0.05) is 5.56 Å². The van der Waals surface area contributed by atoms with Gasteiger partial charge in [-0.15, -0.1) is 0 Å². The van der Waals surface area contributed by atoms with Gasteiger partial charge in [0.2, 0.25) is 0 Å². The van der Waals surface area contributed by atoms with Gasteiger partial charge in [0.25, 0.3) is 0 Å². The summed E-state index contributed by atoms with van der Waals surface area (Å²) in [6.07, 6.45) is 2.26. The van der Waals surface area contributed by atoms with Crippen LogP contribution in [0.25, 0.3) is 11.1 Å². The van der Waals surface area contributed by atoms with Crippen LogP contribution in [0.4, 0.5) is 0 Å².